The molecule has 5 rings (SSSR count). The zero-order chi connectivity index (χ0) is 22.1. The van der Waals surface area contributed by atoms with Crippen LogP contribution in [0.2, 0.25) is 5.02 Å². The predicted octanol–water partition coefficient (Wildman–Crippen LogP) is 4.78. The average molecular weight is 447 g/mol. The highest BCUT2D eigenvalue weighted by Crippen LogP contribution is 2.41. The molecule has 2 aromatic carbocycles. The Morgan fingerprint density at radius 1 is 1.22 bits per heavy atom. The third-order valence-corrected chi connectivity index (χ3v) is 5.76. The van der Waals surface area contributed by atoms with Gasteiger partial charge in [-0.15, -0.1) is 5.10 Å². The summed E-state index contributed by atoms with van der Waals surface area (Å²) in [5.74, 6) is 0.461. The molecule has 4 aromatic rings. The van der Waals surface area contributed by atoms with Crippen molar-refractivity contribution in [2.45, 2.75) is 12.5 Å². The number of hydrogen-bond acceptors (Lipinski definition) is 7. The minimum atomic E-state index is -0.396. The molecule has 160 valence electrons. The standard InChI is InChI=1S/C24H19ClN4O3/c1-31-17-8-9-22-18(11-17)19(13-29(22)12-15-4-6-16(25)7-5-15)23(30)21-14-32-24(27-21)20-3-2-10-26-28-20/h2-11,14,19H,12-13H2,1H3. The van der Waals surface area contributed by atoms with Gasteiger partial charge in [-0.05, 0) is 53.6 Å². The minimum Gasteiger partial charge on any atom is -0.497 e. The number of ether oxygens (including phenoxy) is 1. The molecule has 8 heteroatoms. The summed E-state index contributed by atoms with van der Waals surface area (Å²) in [4.78, 5) is 20.0. The quantitative estimate of drug-likeness (QED) is 0.394. The monoisotopic (exact) mass is 446 g/mol. The lowest BCUT2D eigenvalue weighted by atomic mass is 9.95. The Hall–Kier alpha value is -3.71. The van der Waals surface area contributed by atoms with Crippen LogP contribution in [0.3, 0.4) is 0 Å². The molecule has 0 saturated carbocycles. The average Bonchev–Trinajstić information content (AvgIpc) is 3.46. The van der Waals surface area contributed by atoms with Crippen LogP contribution in [0.15, 0.2) is 71.5 Å². The highest BCUT2D eigenvalue weighted by Gasteiger charge is 2.36. The molecule has 0 saturated heterocycles. The largest absolute Gasteiger partial charge is 0.497 e. The number of ketones is 1. The number of carbonyl (C=O) groups excluding carboxylic acids is 1. The molecule has 0 aliphatic carbocycles. The molecule has 32 heavy (non-hydrogen) atoms. The fourth-order valence-electron chi connectivity index (χ4n) is 3.93. The van der Waals surface area contributed by atoms with Crippen LogP contribution >= 0.6 is 11.6 Å². The lowest BCUT2D eigenvalue weighted by molar-refractivity contribution is 0.0960. The molecule has 1 aliphatic heterocycles. The van der Waals surface area contributed by atoms with Crippen molar-refractivity contribution in [3.8, 4) is 17.3 Å². The number of methoxy groups -OCH3 is 1. The zero-order valence-corrected chi connectivity index (χ0v) is 18.0. The predicted molar refractivity (Wildman–Crippen MR) is 120 cm³/mol. The van der Waals surface area contributed by atoms with Crippen molar-refractivity contribution < 1.29 is 13.9 Å². The molecular weight excluding hydrogens is 428 g/mol. The van der Waals surface area contributed by atoms with Crippen LogP contribution in [0.4, 0.5) is 5.69 Å². The van der Waals surface area contributed by atoms with Crippen molar-refractivity contribution >= 4 is 23.1 Å². The smallest absolute Gasteiger partial charge is 0.247 e. The SMILES string of the molecule is COc1ccc2c(c1)C(C(=O)c1coc(-c3cccnn3)n1)CN2Cc1ccc(Cl)cc1. The van der Waals surface area contributed by atoms with Gasteiger partial charge >= 0.3 is 0 Å². The topological polar surface area (TPSA) is 81.3 Å². The molecule has 0 spiro atoms. The molecule has 1 unspecified atom stereocenters. The first-order chi connectivity index (χ1) is 15.6. The third kappa shape index (κ3) is 3.83. The maximum absolute atomic E-state index is 13.5. The van der Waals surface area contributed by atoms with Crippen LogP contribution in [0.1, 0.15) is 27.5 Å². The van der Waals surface area contributed by atoms with Crippen molar-refractivity contribution in [3.05, 3.63) is 88.9 Å². The van der Waals surface area contributed by atoms with E-state index in [0.717, 1.165) is 16.8 Å². The molecule has 0 amide bonds. The summed E-state index contributed by atoms with van der Waals surface area (Å²) in [5, 5.41) is 8.52. The third-order valence-electron chi connectivity index (χ3n) is 5.50. The van der Waals surface area contributed by atoms with Gasteiger partial charge in [-0.3, -0.25) is 4.79 Å². The Morgan fingerprint density at radius 3 is 2.81 bits per heavy atom. The van der Waals surface area contributed by atoms with Crippen LogP contribution in [0.25, 0.3) is 11.6 Å². The maximum atomic E-state index is 13.5. The van der Waals surface area contributed by atoms with Gasteiger partial charge < -0.3 is 14.1 Å². The summed E-state index contributed by atoms with van der Waals surface area (Å²) in [7, 11) is 1.61. The van der Waals surface area contributed by atoms with E-state index >= 15 is 0 Å². The fourth-order valence-corrected chi connectivity index (χ4v) is 4.05. The number of aromatic nitrogens is 3. The molecule has 1 atom stereocenters. The highest BCUT2D eigenvalue weighted by molar-refractivity contribution is 6.30. The van der Waals surface area contributed by atoms with Gasteiger partial charge in [0.2, 0.25) is 5.89 Å². The first-order valence-corrected chi connectivity index (χ1v) is 10.5. The van der Waals surface area contributed by atoms with Gasteiger partial charge in [0.05, 0.1) is 13.0 Å². The molecule has 7 nitrogen and oxygen atoms in total. The van der Waals surface area contributed by atoms with Gasteiger partial charge in [0.25, 0.3) is 0 Å². The van der Waals surface area contributed by atoms with E-state index in [9.17, 15) is 4.79 Å². The summed E-state index contributed by atoms with van der Waals surface area (Å²) in [6, 6.07) is 17.0. The fraction of sp³-hybridized carbons (Fsp3) is 0.167. The van der Waals surface area contributed by atoms with Crippen molar-refractivity contribution in [3.63, 3.8) is 0 Å². The summed E-state index contributed by atoms with van der Waals surface area (Å²) < 4.78 is 10.9. The summed E-state index contributed by atoms with van der Waals surface area (Å²) in [5.41, 5.74) is 3.75. The number of carbonyl (C=O) groups is 1. The number of fused-ring (bicyclic) bond motifs is 1. The molecule has 0 radical (unpaired) electrons. The minimum absolute atomic E-state index is 0.114. The first-order valence-electron chi connectivity index (χ1n) is 10.1. The molecule has 0 bridgehead atoms. The first kappa shape index (κ1) is 20.2. The van der Waals surface area contributed by atoms with Gasteiger partial charge in [0.1, 0.15) is 23.4 Å². The summed E-state index contributed by atoms with van der Waals surface area (Å²) >= 11 is 6.03. The number of oxazole rings is 1. The Balaban J connectivity index is 1.45. The Morgan fingerprint density at radius 2 is 2.06 bits per heavy atom. The van der Waals surface area contributed by atoms with Crippen LogP contribution < -0.4 is 9.64 Å². The number of rotatable bonds is 6. The van der Waals surface area contributed by atoms with Crippen LogP contribution in [-0.2, 0) is 6.54 Å². The van der Waals surface area contributed by atoms with Crippen LogP contribution in [0.5, 0.6) is 5.75 Å². The van der Waals surface area contributed by atoms with E-state index in [-0.39, 0.29) is 17.4 Å². The van der Waals surface area contributed by atoms with Gasteiger partial charge in [-0.25, -0.2) is 4.98 Å². The number of halogens is 1. The second kappa shape index (κ2) is 8.43. The van der Waals surface area contributed by atoms with Gasteiger partial charge in [-0.2, -0.15) is 5.10 Å². The van der Waals surface area contributed by atoms with E-state index in [2.05, 4.69) is 20.1 Å². The number of benzene rings is 2. The number of hydrogen-bond donors (Lipinski definition) is 0. The molecule has 1 aliphatic rings. The van der Waals surface area contributed by atoms with Gasteiger partial charge in [-0.1, -0.05) is 23.7 Å². The van der Waals surface area contributed by atoms with Crippen molar-refractivity contribution in [2.24, 2.45) is 0 Å². The molecule has 2 aromatic heterocycles. The second-order valence-electron chi connectivity index (χ2n) is 7.50. The number of nitrogens with zero attached hydrogens (tertiary/aromatic N) is 4. The zero-order valence-electron chi connectivity index (χ0n) is 17.2. The van der Waals surface area contributed by atoms with E-state index in [0.29, 0.717) is 29.6 Å². The Bertz CT molecular complexity index is 1260. The lowest BCUT2D eigenvalue weighted by Crippen LogP contribution is -2.24. The second-order valence-corrected chi connectivity index (χ2v) is 7.93. The van der Waals surface area contributed by atoms with E-state index in [1.54, 1.807) is 25.4 Å². The number of Topliss-reactive ketones (excluding diaryl/α,β-unsaturated/α-hetero) is 1. The summed E-state index contributed by atoms with van der Waals surface area (Å²) in [6.45, 7) is 1.18. The lowest BCUT2D eigenvalue weighted by Gasteiger charge is -2.20. The van der Waals surface area contributed by atoms with E-state index < -0.39 is 5.92 Å². The Labute approximate surface area is 189 Å². The van der Waals surface area contributed by atoms with E-state index in [1.807, 2.05) is 42.5 Å². The van der Waals surface area contributed by atoms with Crippen molar-refractivity contribution in [1.29, 1.82) is 0 Å². The van der Waals surface area contributed by atoms with E-state index in [1.165, 1.54) is 6.26 Å². The molecule has 3 heterocycles. The number of anilines is 1. The van der Waals surface area contributed by atoms with Gasteiger partial charge in [0.15, 0.2) is 5.78 Å². The van der Waals surface area contributed by atoms with Crippen molar-refractivity contribution in [2.75, 3.05) is 18.6 Å². The molecule has 0 N–H and O–H groups in total. The van der Waals surface area contributed by atoms with Gasteiger partial charge in [0, 0.05) is 30.0 Å². The molecular formula is C24H19ClN4O3. The van der Waals surface area contributed by atoms with Crippen LogP contribution in [-0.4, -0.2) is 34.6 Å². The van der Waals surface area contributed by atoms with Crippen molar-refractivity contribution in [1.82, 2.24) is 15.2 Å². The molecule has 0 fully saturated rings. The highest BCUT2D eigenvalue weighted by atomic mass is 35.5. The maximum Gasteiger partial charge on any atom is 0.247 e. The normalized spacial score (nSPS) is 14.9. The van der Waals surface area contributed by atoms with Crippen LogP contribution in [0, 0.1) is 0 Å². The van der Waals surface area contributed by atoms with E-state index in [4.69, 9.17) is 20.8 Å². The summed E-state index contributed by atoms with van der Waals surface area (Å²) in [6.07, 6.45) is 2.95. The Kier molecular flexibility index (Phi) is 5.33.